The molecular formula is C17H24O3. The lowest BCUT2D eigenvalue weighted by atomic mass is 10.2. The molecule has 1 unspecified atom stereocenters. The van der Waals surface area contributed by atoms with E-state index in [-0.39, 0.29) is 6.29 Å². The molecule has 3 nitrogen and oxygen atoms in total. The molecule has 3 heteroatoms. The van der Waals surface area contributed by atoms with Crippen LogP contribution in [0.1, 0.15) is 37.7 Å². The van der Waals surface area contributed by atoms with Crippen LogP contribution in [0.25, 0.3) is 6.08 Å². The molecule has 0 aliphatic carbocycles. The Balaban J connectivity index is 1.58. The van der Waals surface area contributed by atoms with Crippen LogP contribution in [0.2, 0.25) is 0 Å². The monoisotopic (exact) mass is 276 g/mol. The van der Waals surface area contributed by atoms with Gasteiger partial charge in [-0.2, -0.15) is 0 Å². The molecule has 1 fully saturated rings. The van der Waals surface area contributed by atoms with Crippen molar-refractivity contribution in [1.29, 1.82) is 0 Å². The van der Waals surface area contributed by atoms with E-state index in [2.05, 4.69) is 24.3 Å². The van der Waals surface area contributed by atoms with Gasteiger partial charge in [0.2, 0.25) is 0 Å². The molecule has 1 aromatic rings. The van der Waals surface area contributed by atoms with Crippen LogP contribution in [0, 0.1) is 0 Å². The van der Waals surface area contributed by atoms with Gasteiger partial charge >= 0.3 is 0 Å². The highest BCUT2D eigenvalue weighted by Gasteiger charge is 2.12. The average Bonchev–Trinajstić information content (AvgIpc) is 2.52. The van der Waals surface area contributed by atoms with E-state index in [1.165, 1.54) is 18.4 Å². The fourth-order valence-electron chi connectivity index (χ4n) is 2.19. The first-order chi connectivity index (χ1) is 9.88. The van der Waals surface area contributed by atoms with Gasteiger partial charge in [-0.25, -0.2) is 0 Å². The van der Waals surface area contributed by atoms with Crippen molar-refractivity contribution in [2.45, 2.75) is 38.4 Å². The lowest BCUT2D eigenvalue weighted by Gasteiger charge is -2.22. The second-order valence-electron chi connectivity index (χ2n) is 4.98. The number of allylic oxidation sites excluding steroid dienone is 1. The van der Waals surface area contributed by atoms with Gasteiger partial charge < -0.3 is 14.2 Å². The van der Waals surface area contributed by atoms with Crippen LogP contribution in [-0.2, 0) is 9.47 Å². The molecule has 1 aromatic carbocycles. The maximum atomic E-state index is 5.69. The molecular weight excluding hydrogens is 252 g/mol. The van der Waals surface area contributed by atoms with Crippen molar-refractivity contribution in [2.75, 3.05) is 20.3 Å². The summed E-state index contributed by atoms with van der Waals surface area (Å²) in [6, 6.07) is 8.07. The van der Waals surface area contributed by atoms with Crippen LogP contribution in [0.3, 0.4) is 0 Å². The van der Waals surface area contributed by atoms with Crippen molar-refractivity contribution in [1.82, 2.24) is 0 Å². The molecule has 1 atom stereocenters. The Kier molecular flexibility index (Phi) is 6.61. The molecule has 1 saturated heterocycles. The lowest BCUT2D eigenvalue weighted by molar-refractivity contribution is -0.162. The van der Waals surface area contributed by atoms with Gasteiger partial charge in [0, 0.05) is 6.61 Å². The number of unbranched alkanes of at least 4 members (excludes halogenated alkanes) is 1. The molecule has 1 aliphatic rings. The summed E-state index contributed by atoms with van der Waals surface area (Å²) in [4.78, 5) is 0. The van der Waals surface area contributed by atoms with Gasteiger partial charge in [-0.15, -0.1) is 0 Å². The zero-order valence-corrected chi connectivity index (χ0v) is 12.2. The normalized spacial score (nSPS) is 19.4. The summed E-state index contributed by atoms with van der Waals surface area (Å²) in [5, 5.41) is 0. The first-order valence-corrected chi connectivity index (χ1v) is 7.42. The van der Waals surface area contributed by atoms with Gasteiger partial charge in [0.05, 0.1) is 13.7 Å². The summed E-state index contributed by atoms with van der Waals surface area (Å²) in [6.07, 6.45) is 9.86. The minimum atomic E-state index is 0.0364. The summed E-state index contributed by atoms with van der Waals surface area (Å²) in [5.41, 5.74) is 1.20. The number of benzene rings is 1. The van der Waals surface area contributed by atoms with Gasteiger partial charge in [0.1, 0.15) is 5.75 Å². The van der Waals surface area contributed by atoms with Crippen molar-refractivity contribution < 1.29 is 14.2 Å². The average molecular weight is 276 g/mol. The van der Waals surface area contributed by atoms with E-state index < -0.39 is 0 Å². The number of hydrogen-bond donors (Lipinski definition) is 0. The van der Waals surface area contributed by atoms with E-state index in [0.29, 0.717) is 0 Å². The molecule has 0 aromatic heterocycles. The first kappa shape index (κ1) is 15.1. The highest BCUT2D eigenvalue weighted by atomic mass is 16.7. The third-order valence-corrected chi connectivity index (χ3v) is 3.38. The lowest BCUT2D eigenvalue weighted by Crippen LogP contribution is -2.22. The van der Waals surface area contributed by atoms with Crippen molar-refractivity contribution in [3.05, 3.63) is 35.9 Å². The van der Waals surface area contributed by atoms with Crippen molar-refractivity contribution in [2.24, 2.45) is 0 Å². The summed E-state index contributed by atoms with van der Waals surface area (Å²) in [7, 11) is 1.68. The molecule has 110 valence electrons. The molecule has 0 bridgehead atoms. The number of methoxy groups -OCH3 is 1. The van der Waals surface area contributed by atoms with Crippen LogP contribution in [0.4, 0.5) is 0 Å². The van der Waals surface area contributed by atoms with E-state index in [9.17, 15) is 0 Å². The highest BCUT2D eigenvalue weighted by Crippen LogP contribution is 2.15. The zero-order valence-electron chi connectivity index (χ0n) is 12.2. The van der Waals surface area contributed by atoms with Crippen molar-refractivity contribution in [3.63, 3.8) is 0 Å². The second-order valence-corrected chi connectivity index (χ2v) is 4.98. The van der Waals surface area contributed by atoms with E-state index in [0.717, 1.165) is 38.2 Å². The van der Waals surface area contributed by atoms with Crippen LogP contribution >= 0.6 is 0 Å². The molecule has 0 saturated carbocycles. The zero-order chi connectivity index (χ0) is 14.0. The largest absolute Gasteiger partial charge is 0.497 e. The molecule has 0 spiro atoms. The van der Waals surface area contributed by atoms with Crippen LogP contribution in [-0.4, -0.2) is 26.6 Å². The summed E-state index contributed by atoms with van der Waals surface area (Å²) < 4.78 is 16.3. The predicted octanol–water partition coefficient (Wildman–Crippen LogP) is 4.03. The van der Waals surface area contributed by atoms with Gasteiger partial charge in [-0.1, -0.05) is 24.3 Å². The fraction of sp³-hybridized carbons (Fsp3) is 0.529. The quantitative estimate of drug-likeness (QED) is 0.704. The number of ether oxygens (including phenoxy) is 3. The Hall–Kier alpha value is -1.32. The molecule has 1 heterocycles. The maximum absolute atomic E-state index is 5.69. The Morgan fingerprint density at radius 3 is 2.80 bits per heavy atom. The van der Waals surface area contributed by atoms with Crippen molar-refractivity contribution in [3.8, 4) is 5.75 Å². The Labute approximate surface area is 121 Å². The number of hydrogen-bond acceptors (Lipinski definition) is 3. The van der Waals surface area contributed by atoms with Crippen LogP contribution in [0.15, 0.2) is 30.3 Å². The number of rotatable bonds is 7. The maximum Gasteiger partial charge on any atom is 0.157 e. The summed E-state index contributed by atoms with van der Waals surface area (Å²) in [5.74, 6) is 0.892. The third-order valence-electron chi connectivity index (χ3n) is 3.38. The molecule has 1 aliphatic heterocycles. The summed E-state index contributed by atoms with van der Waals surface area (Å²) in [6.45, 7) is 1.62. The second kappa shape index (κ2) is 8.77. The predicted molar refractivity (Wildman–Crippen MR) is 80.8 cm³/mol. The van der Waals surface area contributed by atoms with Gasteiger partial charge in [0.25, 0.3) is 0 Å². The Morgan fingerprint density at radius 2 is 2.10 bits per heavy atom. The fourth-order valence-corrected chi connectivity index (χ4v) is 2.19. The van der Waals surface area contributed by atoms with Crippen LogP contribution < -0.4 is 4.74 Å². The minimum Gasteiger partial charge on any atom is -0.497 e. The minimum absolute atomic E-state index is 0.0364. The van der Waals surface area contributed by atoms with Crippen molar-refractivity contribution >= 4 is 6.08 Å². The van der Waals surface area contributed by atoms with Gasteiger partial charge in [-0.3, -0.25) is 0 Å². The smallest absolute Gasteiger partial charge is 0.157 e. The molecule has 2 rings (SSSR count). The van der Waals surface area contributed by atoms with E-state index in [4.69, 9.17) is 14.2 Å². The molecule has 0 amide bonds. The topological polar surface area (TPSA) is 27.7 Å². The summed E-state index contributed by atoms with van der Waals surface area (Å²) >= 11 is 0. The standard InChI is InChI=1S/C17H24O3/c1-18-16-11-9-15(10-12-16)7-3-2-5-13-19-17-8-4-6-14-20-17/h3,7,9-12,17H,2,4-6,8,13-14H2,1H3/b7-3+. The molecule has 20 heavy (non-hydrogen) atoms. The molecule has 0 radical (unpaired) electrons. The molecule has 0 N–H and O–H groups in total. The highest BCUT2D eigenvalue weighted by molar-refractivity contribution is 5.50. The SMILES string of the molecule is COc1ccc(/C=C/CCCOC2CCCCO2)cc1. The van der Waals surface area contributed by atoms with E-state index >= 15 is 0 Å². The van der Waals surface area contributed by atoms with Crippen LogP contribution in [0.5, 0.6) is 5.75 Å². The van der Waals surface area contributed by atoms with E-state index in [1.54, 1.807) is 7.11 Å². The third kappa shape index (κ3) is 5.35. The Bertz CT molecular complexity index is 391. The van der Waals surface area contributed by atoms with E-state index in [1.807, 2.05) is 12.1 Å². The van der Waals surface area contributed by atoms with Gasteiger partial charge in [0.15, 0.2) is 6.29 Å². The van der Waals surface area contributed by atoms with Gasteiger partial charge in [-0.05, 0) is 49.8 Å². The Morgan fingerprint density at radius 1 is 1.25 bits per heavy atom. The first-order valence-electron chi connectivity index (χ1n) is 7.42.